The van der Waals surface area contributed by atoms with Crippen LogP contribution in [0.5, 0.6) is 0 Å². The van der Waals surface area contributed by atoms with E-state index in [4.69, 9.17) is 9.40 Å². The summed E-state index contributed by atoms with van der Waals surface area (Å²) in [7, 11) is 0. The van der Waals surface area contributed by atoms with Crippen LogP contribution in [0.2, 0.25) is 0 Å². The number of nitrogens with zero attached hydrogens (tertiary/aromatic N) is 3. The monoisotopic (exact) mass is 342 g/mol. The fourth-order valence-electron chi connectivity index (χ4n) is 3.66. The van der Waals surface area contributed by atoms with Crippen LogP contribution in [0.15, 0.2) is 22.7 Å². The van der Waals surface area contributed by atoms with Gasteiger partial charge in [0.1, 0.15) is 17.3 Å². The van der Waals surface area contributed by atoms with Gasteiger partial charge in [0.15, 0.2) is 0 Å². The maximum atomic E-state index is 12.1. The van der Waals surface area contributed by atoms with Gasteiger partial charge in [-0.15, -0.1) is 0 Å². The second-order valence-corrected chi connectivity index (χ2v) is 7.31. The molecule has 2 aliphatic rings. The van der Waals surface area contributed by atoms with Crippen LogP contribution in [0.25, 0.3) is 0 Å². The fraction of sp³-hybridized carbons (Fsp3) is 0.579. The zero-order chi connectivity index (χ0) is 17.4. The van der Waals surface area contributed by atoms with Crippen molar-refractivity contribution in [3.63, 3.8) is 0 Å². The molecule has 1 atom stereocenters. The Hall–Kier alpha value is -2.08. The zero-order valence-corrected chi connectivity index (χ0v) is 15.0. The largest absolute Gasteiger partial charge is 0.465 e. The van der Waals surface area contributed by atoms with Crippen molar-refractivity contribution in [2.24, 2.45) is 0 Å². The summed E-state index contributed by atoms with van der Waals surface area (Å²) in [4.78, 5) is 19.3. The molecular weight excluding hydrogens is 316 g/mol. The molecule has 6 heteroatoms. The third-order valence-corrected chi connectivity index (χ3v) is 5.37. The van der Waals surface area contributed by atoms with Crippen molar-refractivity contribution in [1.82, 2.24) is 19.8 Å². The molecule has 1 unspecified atom stereocenters. The summed E-state index contributed by atoms with van der Waals surface area (Å²) in [5.74, 6) is 3.07. The van der Waals surface area contributed by atoms with E-state index in [0.717, 1.165) is 55.5 Å². The first-order valence-electron chi connectivity index (χ1n) is 9.23. The number of aryl methyl sites for hydroxylation is 1. The average Bonchev–Trinajstić information content (AvgIpc) is 3.12. The molecule has 134 valence electrons. The third-order valence-electron chi connectivity index (χ3n) is 5.37. The Morgan fingerprint density at radius 2 is 2.20 bits per heavy atom. The van der Waals surface area contributed by atoms with Crippen molar-refractivity contribution in [3.8, 4) is 0 Å². The summed E-state index contributed by atoms with van der Waals surface area (Å²) in [5.41, 5.74) is 0.870. The van der Waals surface area contributed by atoms with Crippen molar-refractivity contribution < 1.29 is 9.21 Å². The molecule has 1 N–H and O–H groups in total. The molecule has 0 aromatic carbocycles. The van der Waals surface area contributed by atoms with E-state index in [1.165, 1.54) is 6.42 Å². The molecule has 2 aromatic rings. The van der Waals surface area contributed by atoms with Gasteiger partial charge in [0.05, 0.1) is 24.7 Å². The lowest BCUT2D eigenvalue weighted by atomic mass is 9.93. The number of nitrogens with one attached hydrogen (secondary N) is 1. The van der Waals surface area contributed by atoms with Gasteiger partial charge < -0.3 is 14.3 Å². The summed E-state index contributed by atoms with van der Waals surface area (Å²) >= 11 is 0. The quantitative estimate of drug-likeness (QED) is 0.907. The Labute approximate surface area is 148 Å². The van der Waals surface area contributed by atoms with Crippen LogP contribution >= 0.6 is 0 Å². The molecule has 1 aliphatic carbocycles. The first-order chi connectivity index (χ1) is 12.1. The number of rotatable bonds is 5. The van der Waals surface area contributed by atoms with Gasteiger partial charge in [-0.3, -0.25) is 9.69 Å². The average molecular weight is 342 g/mol. The number of aromatic nitrogens is 2. The highest BCUT2D eigenvalue weighted by Gasteiger charge is 2.27. The minimum Gasteiger partial charge on any atom is -0.465 e. The predicted octanol–water partition coefficient (Wildman–Crippen LogP) is 2.57. The Balaban J connectivity index is 1.41. The second kappa shape index (κ2) is 6.67. The Kier molecular flexibility index (Phi) is 4.37. The van der Waals surface area contributed by atoms with Crippen LogP contribution in [0.3, 0.4) is 0 Å². The Morgan fingerprint density at radius 1 is 1.36 bits per heavy atom. The van der Waals surface area contributed by atoms with Gasteiger partial charge in [0.2, 0.25) is 5.91 Å². The molecule has 1 fully saturated rings. The van der Waals surface area contributed by atoms with E-state index in [0.29, 0.717) is 12.5 Å². The van der Waals surface area contributed by atoms with Gasteiger partial charge in [-0.1, -0.05) is 0 Å². The van der Waals surface area contributed by atoms with Crippen molar-refractivity contribution in [1.29, 1.82) is 0 Å². The van der Waals surface area contributed by atoms with Gasteiger partial charge in [0.25, 0.3) is 0 Å². The van der Waals surface area contributed by atoms with E-state index in [2.05, 4.69) is 21.7 Å². The number of carbonyl (C=O) groups is 1. The van der Waals surface area contributed by atoms with Gasteiger partial charge in [-0.05, 0) is 45.2 Å². The lowest BCUT2D eigenvalue weighted by Crippen LogP contribution is -2.40. The zero-order valence-electron chi connectivity index (χ0n) is 15.0. The van der Waals surface area contributed by atoms with Crippen molar-refractivity contribution >= 4 is 5.91 Å². The number of amides is 1. The molecule has 0 spiro atoms. The highest BCUT2D eigenvalue weighted by atomic mass is 16.3. The topological polar surface area (TPSA) is 63.3 Å². The summed E-state index contributed by atoms with van der Waals surface area (Å²) in [6.45, 7) is 6.79. The van der Waals surface area contributed by atoms with Crippen LogP contribution in [-0.2, 0) is 24.3 Å². The van der Waals surface area contributed by atoms with Crippen molar-refractivity contribution in [2.75, 3.05) is 6.54 Å². The van der Waals surface area contributed by atoms with Gasteiger partial charge in [-0.2, -0.15) is 0 Å². The lowest BCUT2D eigenvalue weighted by molar-refractivity contribution is -0.121. The van der Waals surface area contributed by atoms with E-state index < -0.39 is 0 Å². The first kappa shape index (κ1) is 16.4. The maximum absolute atomic E-state index is 12.1. The Morgan fingerprint density at radius 3 is 2.88 bits per heavy atom. The number of hydrogen-bond donors (Lipinski definition) is 1. The standard InChI is InChI=1S/C19H26N4O2/c1-13-6-7-17(25-13)12-22-8-9-23-11-16(21-19(23)14(22)2)10-18(24)20-15-4-3-5-15/h6-7,11,14-15H,3-5,8-10,12H2,1-2H3,(H,20,24). The van der Waals surface area contributed by atoms with Crippen LogP contribution in [0.1, 0.15) is 55.3 Å². The number of imidazole rings is 1. The molecule has 6 nitrogen and oxygen atoms in total. The summed E-state index contributed by atoms with van der Waals surface area (Å²) in [6, 6.07) is 4.64. The normalized spacial score (nSPS) is 21.0. The number of fused-ring (bicyclic) bond motifs is 1. The number of hydrogen-bond acceptors (Lipinski definition) is 4. The predicted molar refractivity (Wildman–Crippen MR) is 94.0 cm³/mol. The fourth-order valence-corrected chi connectivity index (χ4v) is 3.66. The van der Waals surface area contributed by atoms with Crippen LogP contribution < -0.4 is 5.32 Å². The lowest BCUT2D eigenvalue weighted by Gasteiger charge is -2.33. The molecule has 2 aromatic heterocycles. The molecule has 4 rings (SSSR count). The van der Waals surface area contributed by atoms with E-state index in [1.54, 1.807) is 0 Å². The van der Waals surface area contributed by atoms with Crippen molar-refractivity contribution in [2.45, 2.75) is 64.7 Å². The summed E-state index contributed by atoms with van der Waals surface area (Å²) in [5, 5.41) is 3.09. The molecule has 25 heavy (non-hydrogen) atoms. The second-order valence-electron chi connectivity index (χ2n) is 7.31. The maximum Gasteiger partial charge on any atom is 0.226 e. The van der Waals surface area contributed by atoms with Gasteiger partial charge in [-0.25, -0.2) is 4.98 Å². The van der Waals surface area contributed by atoms with Crippen LogP contribution in [-0.4, -0.2) is 32.9 Å². The highest BCUT2D eigenvalue weighted by Crippen LogP contribution is 2.27. The molecule has 1 aliphatic heterocycles. The van der Waals surface area contributed by atoms with Gasteiger partial charge >= 0.3 is 0 Å². The SMILES string of the molecule is Cc1ccc(CN2CCn3cc(CC(=O)NC4CCC4)nc3C2C)o1. The van der Waals surface area contributed by atoms with Gasteiger partial charge in [0, 0.05) is 25.3 Å². The molecule has 1 amide bonds. The third kappa shape index (κ3) is 3.49. The molecular formula is C19H26N4O2. The Bertz CT molecular complexity index is 759. The van der Waals surface area contributed by atoms with Crippen LogP contribution in [0, 0.1) is 6.92 Å². The van der Waals surface area contributed by atoms with E-state index in [-0.39, 0.29) is 11.9 Å². The molecule has 0 saturated heterocycles. The highest BCUT2D eigenvalue weighted by molar-refractivity contribution is 5.78. The summed E-state index contributed by atoms with van der Waals surface area (Å²) in [6.07, 6.45) is 5.88. The van der Waals surface area contributed by atoms with E-state index in [9.17, 15) is 4.79 Å². The molecule has 0 radical (unpaired) electrons. The molecule has 1 saturated carbocycles. The number of carbonyl (C=O) groups excluding carboxylic acids is 1. The van der Waals surface area contributed by atoms with Crippen molar-refractivity contribution in [3.05, 3.63) is 41.4 Å². The summed E-state index contributed by atoms with van der Waals surface area (Å²) < 4.78 is 7.91. The molecule has 0 bridgehead atoms. The molecule has 3 heterocycles. The smallest absolute Gasteiger partial charge is 0.226 e. The minimum absolute atomic E-state index is 0.0933. The number of furan rings is 1. The minimum atomic E-state index is 0.0933. The first-order valence-corrected chi connectivity index (χ1v) is 9.23. The van der Waals surface area contributed by atoms with E-state index in [1.807, 2.05) is 25.3 Å². The van der Waals surface area contributed by atoms with Crippen LogP contribution in [0.4, 0.5) is 0 Å². The van der Waals surface area contributed by atoms with E-state index >= 15 is 0 Å².